The molecule has 0 aliphatic carbocycles. The number of likely N-dealkylation sites (tertiary alicyclic amines) is 1. The summed E-state index contributed by atoms with van der Waals surface area (Å²) in [5, 5.41) is 0. The van der Waals surface area contributed by atoms with Crippen molar-refractivity contribution in [3.05, 3.63) is 65.7 Å². The van der Waals surface area contributed by atoms with Crippen LogP contribution in [0.2, 0.25) is 0 Å². The number of carbonyl (C=O) groups excluding carboxylic acids is 1. The zero-order valence-electron chi connectivity index (χ0n) is 19.6. The lowest BCUT2D eigenvalue weighted by Crippen LogP contribution is -2.39. The Balaban J connectivity index is 0.00000408. The summed E-state index contributed by atoms with van der Waals surface area (Å²) in [5.41, 5.74) is 1.76. The number of rotatable bonds is 9. The average Bonchev–Trinajstić information content (AvgIpc) is 3.25. The fourth-order valence-corrected chi connectivity index (χ4v) is 7.15. The van der Waals surface area contributed by atoms with Crippen LogP contribution in [-0.2, 0) is 31.3 Å². The van der Waals surface area contributed by atoms with Gasteiger partial charge in [0.25, 0.3) is 0 Å². The quantitative estimate of drug-likeness (QED) is 0.495. The molecule has 188 valence electrons. The zero-order chi connectivity index (χ0) is 24.2. The van der Waals surface area contributed by atoms with Crippen LogP contribution >= 0.6 is 12.4 Å². The van der Waals surface area contributed by atoms with E-state index >= 15 is 0 Å². The van der Waals surface area contributed by atoms with Crippen LogP contribution in [0.5, 0.6) is 0 Å². The van der Waals surface area contributed by atoms with Crippen molar-refractivity contribution >= 4 is 44.0 Å². The Labute approximate surface area is 209 Å². The Hall–Kier alpha value is -2.14. The first kappa shape index (κ1) is 28.1. The summed E-state index contributed by atoms with van der Waals surface area (Å²) in [6, 6.07) is 15.9. The van der Waals surface area contributed by atoms with Gasteiger partial charge in [-0.2, -0.15) is 3.71 Å². The van der Waals surface area contributed by atoms with Crippen LogP contribution in [0.3, 0.4) is 0 Å². The van der Waals surface area contributed by atoms with Crippen molar-refractivity contribution in [2.45, 2.75) is 25.3 Å². The van der Waals surface area contributed by atoms with Crippen LogP contribution < -0.4 is 3.71 Å². The van der Waals surface area contributed by atoms with Crippen molar-refractivity contribution in [2.75, 3.05) is 42.9 Å². The molecule has 1 aliphatic rings. The van der Waals surface area contributed by atoms with Crippen LogP contribution in [0.4, 0.5) is 5.69 Å². The lowest BCUT2D eigenvalue weighted by molar-refractivity contribution is -0.131. The van der Waals surface area contributed by atoms with Crippen molar-refractivity contribution in [2.24, 2.45) is 0 Å². The number of likely N-dealkylation sites (N-methyl/N-ethyl adjacent to an activating group) is 1. The molecule has 1 saturated heterocycles. The number of halogens is 1. The van der Waals surface area contributed by atoms with Gasteiger partial charge in [-0.3, -0.25) is 4.79 Å². The van der Waals surface area contributed by atoms with Crippen molar-refractivity contribution in [3.8, 4) is 0 Å². The molecule has 1 heterocycles. The topological polar surface area (TPSA) is 95.1 Å². The van der Waals surface area contributed by atoms with E-state index in [1.54, 1.807) is 24.1 Å². The molecule has 2 aromatic carbocycles. The molecular formula is C23H32ClN3O5S2. The normalized spacial score (nSPS) is 15.4. The first-order chi connectivity index (χ1) is 15.5. The summed E-state index contributed by atoms with van der Waals surface area (Å²) in [7, 11) is -6.22. The van der Waals surface area contributed by atoms with E-state index in [0.717, 1.165) is 37.7 Å². The smallest absolute Gasteiger partial charge is 0.245 e. The maximum atomic E-state index is 13.1. The standard InChI is InChI=1S/C23H31N3O5S2.ClH/c1-24(22(18-25-15-7-8-16-25)20-9-5-4-6-10-20)23(27)17-19-11-13-21(14-12-19)26(32(2,28)29)33(3,30)31;/h4-6,9-14,22H,7-8,15-18H2,1-3H3;1H/t22-;/m1./s1. The van der Waals surface area contributed by atoms with E-state index in [2.05, 4.69) is 4.90 Å². The molecule has 0 saturated carbocycles. The summed E-state index contributed by atoms with van der Waals surface area (Å²) in [6.07, 6.45) is 4.14. The molecule has 8 nitrogen and oxygen atoms in total. The highest BCUT2D eigenvalue weighted by atomic mass is 35.5. The molecule has 11 heteroatoms. The highest BCUT2D eigenvalue weighted by molar-refractivity contribution is 8.09. The van der Waals surface area contributed by atoms with Crippen LogP contribution in [0.15, 0.2) is 54.6 Å². The number of hydrogen-bond donors (Lipinski definition) is 0. The van der Waals surface area contributed by atoms with Crippen molar-refractivity contribution in [1.82, 2.24) is 9.80 Å². The van der Waals surface area contributed by atoms with E-state index in [9.17, 15) is 21.6 Å². The minimum absolute atomic E-state index is 0. The number of carbonyl (C=O) groups is 1. The van der Waals surface area contributed by atoms with Gasteiger partial charge in [-0.1, -0.05) is 42.5 Å². The van der Waals surface area contributed by atoms with Gasteiger partial charge >= 0.3 is 0 Å². The van der Waals surface area contributed by atoms with Gasteiger partial charge in [-0.25, -0.2) is 16.8 Å². The predicted molar refractivity (Wildman–Crippen MR) is 137 cm³/mol. The minimum Gasteiger partial charge on any atom is -0.337 e. The second-order valence-electron chi connectivity index (χ2n) is 8.51. The number of sulfonamides is 2. The van der Waals surface area contributed by atoms with E-state index in [1.807, 2.05) is 30.3 Å². The second kappa shape index (κ2) is 11.5. The van der Waals surface area contributed by atoms with Gasteiger partial charge in [-0.05, 0) is 49.2 Å². The first-order valence-corrected chi connectivity index (χ1v) is 14.5. The Morgan fingerprint density at radius 1 is 0.912 bits per heavy atom. The van der Waals surface area contributed by atoms with Crippen LogP contribution in [0.1, 0.15) is 30.0 Å². The Kier molecular flexibility index (Phi) is 9.53. The van der Waals surface area contributed by atoms with Crippen molar-refractivity contribution in [3.63, 3.8) is 0 Å². The number of hydrogen-bond acceptors (Lipinski definition) is 6. The maximum Gasteiger partial charge on any atom is 0.245 e. The molecule has 0 radical (unpaired) electrons. The van der Waals surface area contributed by atoms with Gasteiger partial charge in [0.05, 0.1) is 30.7 Å². The van der Waals surface area contributed by atoms with Crippen LogP contribution in [0, 0.1) is 0 Å². The highest BCUT2D eigenvalue weighted by Gasteiger charge is 2.28. The van der Waals surface area contributed by atoms with Gasteiger partial charge in [-0.15, -0.1) is 12.4 Å². The Morgan fingerprint density at radius 2 is 1.44 bits per heavy atom. The van der Waals surface area contributed by atoms with E-state index in [-0.39, 0.29) is 36.5 Å². The van der Waals surface area contributed by atoms with Crippen molar-refractivity contribution in [1.29, 1.82) is 0 Å². The van der Waals surface area contributed by atoms with Gasteiger partial charge in [0, 0.05) is 13.6 Å². The number of nitrogens with zero attached hydrogens (tertiary/aromatic N) is 3. The predicted octanol–water partition coefficient (Wildman–Crippen LogP) is 2.67. The average molecular weight is 530 g/mol. The molecule has 3 rings (SSSR count). The molecule has 1 atom stereocenters. The second-order valence-corrected chi connectivity index (χ2v) is 12.4. The Bertz CT molecular complexity index is 1130. The molecule has 0 bridgehead atoms. The molecular weight excluding hydrogens is 498 g/mol. The monoisotopic (exact) mass is 529 g/mol. The number of anilines is 1. The molecule has 1 amide bonds. The van der Waals surface area contributed by atoms with Gasteiger partial charge in [0.1, 0.15) is 0 Å². The Morgan fingerprint density at radius 3 is 1.94 bits per heavy atom. The lowest BCUT2D eigenvalue weighted by Gasteiger charge is -2.32. The molecule has 0 unspecified atom stereocenters. The summed E-state index contributed by atoms with van der Waals surface area (Å²) < 4.78 is 48.2. The first-order valence-electron chi connectivity index (χ1n) is 10.8. The summed E-state index contributed by atoms with van der Waals surface area (Å²) in [6.45, 7) is 2.83. The third-order valence-electron chi connectivity index (χ3n) is 5.78. The zero-order valence-corrected chi connectivity index (χ0v) is 22.1. The summed E-state index contributed by atoms with van der Waals surface area (Å²) in [5.74, 6) is -0.0705. The van der Waals surface area contributed by atoms with E-state index < -0.39 is 20.0 Å². The molecule has 1 aliphatic heterocycles. The molecule has 2 aromatic rings. The molecule has 1 fully saturated rings. The molecule has 0 N–H and O–H groups in total. The lowest BCUT2D eigenvalue weighted by atomic mass is 10.0. The highest BCUT2D eigenvalue weighted by Crippen LogP contribution is 2.25. The van der Waals surface area contributed by atoms with Gasteiger partial charge < -0.3 is 9.80 Å². The van der Waals surface area contributed by atoms with E-state index in [0.29, 0.717) is 9.27 Å². The summed E-state index contributed by atoms with van der Waals surface area (Å²) >= 11 is 0. The third kappa shape index (κ3) is 7.18. The van der Waals surface area contributed by atoms with E-state index in [1.165, 1.54) is 25.0 Å². The largest absolute Gasteiger partial charge is 0.337 e. The molecule has 0 spiro atoms. The van der Waals surface area contributed by atoms with Crippen LogP contribution in [0.25, 0.3) is 0 Å². The third-order valence-corrected chi connectivity index (χ3v) is 9.03. The van der Waals surface area contributed by atoms with Gasteiger partial charge in [0.15, 0.2) is 0 Å². The van der Waals surface area contributed by atoms with E-state index in [4.69, 9.17) is 0 Å². The molecule has 0 aromatic heterocycles. The molecule has 34 heavy (non-hydrogen) atoms. The number of amides is 1. The fraction of sp³-hybridized carbons (Fsp3) is 0.435. The minimum atomic E-state index is -4.01. The SMILES string of the molecule is CN(C(=O)Cc1ccc(N(S(C)(=O)=O)S(C)(=O)=O)cc1)[C@H](CN1CCCC1)c1ccccc1.Cl. The van der Waals surface area contributed by atoms with Crippen LogP contribution in [-0.4, -0.2) is 71.7 Å². The maximum absolute atomic E-state index is 13.1. The van der Waals surface area contributed by atoms with Gasteiger partial charge in [0.2, 0.25) is 26.0 Å². The van der Waals surface area contributed by atoms with Crippen molar-refractivity contribution < 1.29 is 21.6 Å². The fourth-order valence-electron chi connectivity index (χ4n) is 4.17. The number of benzene rings is 2. The summed E-state index contributed by atoms with van der Waals surface area (Å²) in [4.78, 5) is 17.3.